The van der Waals surface area contributed by atoms with Crippen molar-refractivity contribution in [3.8, 4) is 22.7 Å². The lowest BCUT2D eigenvalue weighted by Gasteiger charge is -2.11. The van der Waals surface area contributed by atoms with E-state index in [1.54, 1.807) is 68.1 Å². The number of aryl methyl sites for hydroxylation is 1. The number of amides is 2. The molecule has 3 aromatic heterocycles. The largest absolute Gasteiger partial charge is 0.506 e. The number of para-hydroxylation sites is 1. The Labute approximate surface area is 177 Å². The Morgan fingerprint density at radius 2 is 2.06 bits per heavy atom. The monoisotopic (exact) mass is 416 g/mol. The smallest absolute Gasteiger partial charge is 0.319 e. The number of anilines is 1. The third-order valence-electron chi connectivity index (χ3n) is 4.73. The third kappa shape index (κ3) is 4.30. The van der Waals surface area contributed by atoms with Gasteiger partial charge >= 0.3 is 6.03 Å². The summed E-state index contributed by atoms with van der Waals surface area (Å²) in [5.41, 5.74) is 2.79. The molecule has 31 heavy (non-hydrogen) atoms. The normalized spacial score (nSPS) is 10.6. The first-order valence-corrected chi connectivity index (χ1v) is 9.52. The van der Waals surface area contributed by atoms with Gasteiger partial charge in [-0.25, -0.2) is 14.5 Å². The zero-order valence-corrected chi connectivity index (χ0v) is 16.7. The molecule has 3 heterocycles. The van der Waals surface area contributed by atoms with Crippen molar-refractivity contribution >= 4 is 11.7 Å². The lowest BCUT2D eigenvalue weighted by atomic mass is 10.2. The summed E-state index contributed by atoms with van der Waals surface area (Å²) in [6.07, 6.45) is 6.43. The van der Waals surface area contributed by atoms with Crippen molar-refractivity contribution in [1.82, 2.24) is 25.1 Å². The average molecular weight is 416 g/mol. The standard InChI is InChI=1S/C22H20N6O3/c1-14-4-2-6-18(29)20(14)27-22(31)25-11-15-7-9-24-19(10-15)28-21(30)17(13-26-28)16-5-3-8-23-12-16/h2-10,12-13,26,29H,11H2,1H3,(H2,25,27,31). The van der Waals surface area contributed by atoms with Gasteiger partial charge in [0.25, 0.3) is 5.56 Å². The number of phenolic OH excluding ortho intramolecular Hbond substituents is 1. The molecule has 4 rings (SSSR count). The highest BCUT2D eigenvalue weighted by Crippen LogP contribution is 2.26. The van der Waals surface area contributed by atoms with Gasteiger partial charge in [-0.15, -0.1) is 0 Å². The Kier molecular flexibility index (Phi) is 5.48. The number of rotatable bonds is 5. The van der Waals surface area contributed by atoms with Gasteiger partial charge in [-0.3, -0.25) is 14.9 Å². The molecule has 9 nitrogen and oxygen atoms in total. The predicted molar refractivity (Wildman–Crippen MR) is 116 cm³/mol. The molecule has 0 bridgehead atoms. The van der Waals surface area contributed by atoms with Gasteiger partial charge in [0, 0.05) is 36.9 Å². The van der Waals surface area contributed by atoms with Gasteiger partial charge in [-0.2, -0.15) is 0 Å². The highest BCUT2D eigenvalue weighted by atomic mass is 16.3. The van der Waals surface area contributed by atoms with Crippen LogP contribution in [0.2, 0.25) is 0 Å². The van der Waals surface area contributed by atoms with Crippen molar-refractivity contribution in [3.05, 3.63) is 88.7 Å². The van der Waals surface area contributed by atoms with Crippen LogP contribution < -0.4 is 16.2 Å². The maximum atomic E-state index is 12.8. The molecule has 0 spiro atoms. The topological polar surface area (TPSA) is 125 Å². The molecule has 4 aromatic rings. The second-order valence-corrected chi connectivity index (χ2v) is 6.87. The summed E-state index contributed by atoms with van der Waals surface area (Å²) in [5, 5.41) is 18.2. The number of hydrogen-bond donors (Lipinski definition) is 4. The summed E-state index contributed by atoms with van der Waals surface area (Å²) in [4.78, 5) is 33.3. The number of benzene rings is 1. The summed E-state index contributed by atoms with van der Waals surface area (Å²) in [7, 11) is 0. The molecule has 0 radical (unpaired) electrons. The first-order valence-electron chi connectivity index (χ1n) is 9.52. The Hall–Kier alpha value is -4.40. The summed E-state index contributed by atoms with van der Waals surface area (Å²) in [5.74, 6) is 0.397. The minimum Gasteiger partial charge on any atom is -0.506 e. The van der Waals surface area contributed by atoms with Crippen molar-refractivity contribution in [3.63, 3.8) is 0 Å². The van der Waals surface area contributed by atoms with Crippen LogP contribution in [0.1, 0.15) is 11.1 Å². The average Bonchev–Trinajstić information content (AvgIpc) is 3.17. The molecular weight excluding hydrogens is 396 g/mol. The van der Waals surface area contributed by atoms with Crippen molar-refractivity contribution in [2.45, 2.75) is 13.5 Å². The number of carbonyl (C=O) groups excluding carboxylic acids is 1. The highest BCUT2D eigenvalue weighted by molar-refractivity contribution is 5.91. The molecule has 0 atom stereocenters. The zero-order valence-electron chi connectivity index (χ0n) is 16.7. The van der Waals surface area contributed by atoms with E-state index in [2.05, 4.69) is 25.7 Å². The number of phenols is 1. The highest BCUT2D eigenvalue weighted by Gasteiger charge is 2.12. The van der Waals surface area contributed by atoms with Crippen molar-refractivity contribution in [1.29, 1.82) is 0 Å². The zero-order chi connectivity index (χ0) is 21.8. The van der Waals surface area contributed by atoms with Gasteiger partial charge in [-0.1, -0.05) is 18.2 Å². The molecule has 1 aromatic carbocycles. The maximum absolute atomic E-state index is 12.8. The molecule has 9 heteroatoms. The van der Waals surface area contributed by atoms with Crippen LogP contribution in [0, 0.1) is 6.92 Å². The maximum Gasteiger partial charge on any atom is 0.319 e. The van der Waals surface area contributed by atoms with E-state index in [0.717, 1.165) is 11.1 Å². The van der Waals surface area contributed by atoms with E-state index < -0.39 is 6.03 Å². The van der Waals surface area contributed by atoms with Crippen LogP contribution in [-0.4, -0.2) is 30.9 Å². The summed E-state index contributed by atoms with van der Waals surface area (Å²) in [6, 6.07) is 11.6. The first kappa shape index (κ1) is 19.9. The van der Waals surface area contributed by atoms with Gasteiger partial charge < -0.3 is 15.7 Å². The molecule has 156 valence electrons. The number of aromatic amines is 1. The van der Waals surface area contributed by atoms with Gasteiger partial charge in [-0.05, 0) is 42.3 Å². The van der Waals surface area contributed by atoms with Crippen LogP contribution in [-0.2, 0) is 6.54 Å². The number of aromatic nitrogens is 4. The number of nitrogens with zero attached hydrogens (tertiary/aromatic N) is 3. The molecule has 0 saturated heterocycles. The van der Waals surface area contributed by atoms with E-state index in [0.29, 0.717) is 22.6 Å². The first-order chi connectivity index (χ1) is 15.0. The fourth-order valence-corrected chi connectivity index (χ4v) is 3.12. The van der Waals surface area contributed by atoms with Crippen LogP contribution in [0.4, 0.5) is 10.5 Å². The van der Waals surface area contributed by atoms with Crippen LogP contribution in [0.3, 0.4) is 0 Å². The summed E-state index contributed by atoms with van der Waals surface area (Å²) < 4.78 is 1.33. The van der Waals surface area contributed by atoms with Crippen molar-refractivity contribution < 1.29 is 9.90 Å². The number of carbonyl (C=O) groups is 1. The van der Waals surface area contributed by atoms with Gasteiger partial charge in [0.1, 0.15) is 5.75 Å². The Bertz CT molecular complexity index is 1260. The quantitative estimate of drug-likeness (QED) is 0.372. The SMILES string of the molecule is Cc1cccc(O)c1NC(=O)NCc1ccnc(-n2[nH]cc(-c3cccnc3)c2=O)c1. The van der Waals surface area contributed by atoms with Crippen LogP contribution in [0.5, 0.6) is 5.75 Å². The second kappa shape index (κ2) is 8.54. The van der Waals surface area contributed by atoms with Gasteiger partial charge in [0.15, 0.2) is 5.82 Å². The fourth-order valence-electron chi connectivity index (χ4n) is 3.12. The number of H-pyrrole nitrogens is 1. The van der Waals surface area contributed by atoms with E-state index in [-0.39, 0.29) is 17.9 Å². The molecule has 0 aliphatic carbocycles. The predicted octanol–water partition coefficient (Wildman–Crippen LogP) is 2.96. The number of aromatic hydroxyl groups is 1. The van der Waals surface area contributed by atoms with Crippen molar-refractivity contribution in [2.75, 3.05) is 5.32 Å². The molecular formula is C22H20N6O3. The molecule has 4 N–H and O–H groups in total. The van der Waals surface area contributed by atoms with Crippen LogP contribution in [0.25, 0.3) is 16.9 Å². The fraction of sp³-hybridized carbons (Fsp3) is 0.0909. The van der Waals surface area contributed by atoms with Crippen molar-refractivity contribution in [2.24, 2.45) is 0 Å². The second-order valence-electron chi connectivity index (χ2n) is 6.87. The van der Waals surface area contributed by atoms with E-state index >= 15 is 0 Å². The molecule has 2 amide bonds. The lowest BCUT2D eigenvalue weighted by molar-refractivity contribution is 0.251. The Balaban J connectivity index is 1.48. The minimum atomic E-state index is -0.459. The third-order valence-corrected chi connectivity index (χ3v) is 4.73. The van der Waals surface area contributed by atoms with E-state index in [9.17, 15) is 14.7 Å². The van der Waals surface area contributed by atoms with Crippen LogP contribution >= 0.6 is 0 Å². The molecule has 0 fully saturated rings. The van der Waals surface area contributed by atoms with E-state index in [1.165, 1.54) is 10.7 Å². The van der Waals surface area contributed by atoms with Gasteiger partial charge in [0.05, 0.1) is 11.3 Å². The molecule has 0 aliphatic heterocycles. The number of hydrogen-bond acceptors (Lipinski definition) is 5. The van der Waals surface area contributed by atoms with E-state index in [1.807, 2.05) is 0 Å². The number of urea groups is 1. The lowest BCUT2D eigenvalue weighted by Crippen LogP contribution is -2.28. The molecule has 0 saturated carbocycles. The molecule has 0 unspecified atom stereocenters. The number of nitrogens with one attached hydrogen (secondary N) is 3. The summed E-state index contributed by atoms with van der Waals surface area (Å²) in [6.45, 7) is 2.00. The number of pyridine rings is 2. The van der Waals surface area contributed by atoms with Crippen LogP contribution in [0.15, 0.2) is 72.0 Å². The van der Waals surface area contributed by atoms with Gasteiger partial charge in [0.2, 0.25) is 0 Å². The van der Waals surface area contributed by atoms with E-state index in [4.69, 9.17) is 0 Å². The minimum absolute atomic E-state index is 0.00288. The Morgan fingerprint density at radius 3 is 2.84 bits per heavy atom. The summed E-state index contributed by atoms with van der Waals surface area (Å²) >= 11 is 0. The molecule has 0 aliphatic rings. The Morgan fingerprint density at radius 1 is 1.19 bits per heavy atom.